The summed E-state index contributed by atoms with van der Waals surface area (Å²) in [5.74, 6) is -0.893. The molecule has 4 N–H and O–H groups in total. The van der Waals surface area contributed by atoms with Crippen molar-refractivity contribution >= 4 is 63.5 Å². The van der Waals surface area contributed by atoms with Gasteiger partial charge in [-0.1, -0.05) is 19.9 Å². The number of nitrogens with one attached hydrogen (secondary N) is 1. The van der Waals surface area contributed by atoms with Crippen LogP contribution in [0.15, 0.2) is 93.0 Å². The molecule has 0 spiro atoms. The molecule has 0 atom stereocenters. The van der Waals surface area contributed by atoms with Crippen molar-refractivity contribution in [3.63, 3.8) is 0 Å². The first-order chi connectivity index (χ1) is 22.2. The largest absolute Gasteiger partial charge is 0.508 e. The smallest absolute Gasteiger partial charge is 0.336 e. The summed E-state index contributed by atoms with van der Waals surface area (Å²) in [5.41, 5.74) is 4.54. The van der Waals surface area contributed by atoms with Gasteiger partial charge < -0.3 is 24.8 Å². The van der Waals surface area contributed by atoms with Crippen LogP contribution in [0.25, 0.3) is 44.3 Å². The molecule has 1 aliphatic carbocycles. The minimum atomic E-state index is -1.15. The lowest BCUT2D eigenvalue weighted by molar-refractivity contribution is -0.890. The average molecular weight is 653 g/mol. The summed E-state index contributed by atoms with van der Waals surface area (Å²) < 4.78 is 7.13. The molecule has 9 nitrogen and oxygen atoms in total. The molecule has 2 aliphatic heterocycles. The number of phenolic OH excluding ortho intramolecular Hbond substituents is 1. The van der Waals surface area contributed by atoms with Gasteiger partial charge in [-0.3, -0.25) is 10.0 Å². The van der Waals surface area contributed by atoms with E-state index < -0.39 is 5.97 Å². The summed E-state index contributed by atoms with van der Waals surface area (Å²) in [5, 5.41) is 36.3. The lowest BCUT2D eigenvalue weighted by Crippen LogP contribution is -2.46. The SMILES string of the molecule is CC.O=C(O)c1cc(NC(=S)N2CCc3c(cc4ccc(S)cc4[n+]3O)C2)ccc1-c1c2ccc(=O)cc-2oc2cc(O)ccc12. The van der Waals surface area contributed by atoms with Crippen LogP contribution in [0.2, 0.25) is 0 Å². The van der Waals surface area contributed by atoms with Crippen molar-refractivity contribution in [1.82, 2.24) is 4.90 Å². The first-order valence-corrected chi connectivity index (χ1v) is 15.5. The Labute approximate surface area is 274 Å². The fourth-order valence-corrected chi connectivity index (χ4v) is 6.33. The number of aromatic carboxylic acids is 1. The number of aromatic nitrogens is 1. The van der Waals surface area contributed by atoms with E-state index in [1.54, 1.807) is 24.3 Å². The summed E-state index contributed by atoms with van der Waals surface area (Å²) in [6, 6.07) is 21.5. The van der Waals surface area contributed by atoms with Crippen LogP contribution < -0.4 is 15.5 Å². The van der Waals surface area contributed by atoms with Crippen LogP contribution in [0.5, 0.6) is 5.75 Å². The van der Waals surface area contributed by atoms with Crippen molar-refractivity contribution in [2.45, 2.75) is 31.7 Å². The van der Waals surface area contributed by atoms with Crippen molar-refractivity contribution in [1.29, 1.82) is 0 Å². The molecule has 3 aromatic carbocycles. The van der Waals surface area contributed by atoms with Crippen LogP contribution in [0.1, 0.15) is 35.5 Å². The lowest BCUT2D eigenvalue weighted by atomic mass is 9.90. The maximum Gasteiger partial charge on any atom is 0.336 e. The average Bonchev–Trinajstić information content (AvgIpc) is 3.04. The topological polar surface area (TPSA) is 127 Å². The molecule has 0 amide bonds. The van der Waals surface area contributed by atoms with Crippen molar-refractivity contribution in [2.75, 3.05) is 11.9 Å². The zero-order valence-electron chi connectivity index (χ0n) is 24.9. The monoisotopic (exact) mass is 652 g/mol. The Morgan fingerprint density at radius 2 is 1.78 bits per heavy atom. The van der Waals surface area contributed by atoms with Gasteiger partial charge in [0.2, 0.25) is 5.69 Å². The standard InChI is InChI=1S/C33H23N3O6S2.C2H6/c37-20-3-7-24-29(13-20)42-30-14-21(38)4-8-25(30)31(24)23-6-2-19(12-26(23)32(39)40)34-33(44)35-10-9-27-18(16-35)11-17-1-5-22(43)15-28(17)36(27)41;1-2/h1-8,11-15,41H,9-10,16H2,(H3,34,37,38,39,40,44);1-2H3/p+1. The number of rotatable bonds is 3. The Morgan fingerprint density at radius 1 is 1.00 bits per heavy atom. The highest BCUT2D eigenvalue weighted by molar-refractivity contribution is 7.80. The molecule has 0 bridgehead atoms. The van der Waals surface area contributed by atoms with Crippen LogP contribution in [-0.2, 0) is 13.0 Å². The molecule has 3 aliphatic rings. The number of carboxylic acids is 1. The first-order valence-electron chi connectivity index (χ1n) is 14.7. The first kappa shape index (κ1) is 30.9. The summed E-state index contributed by atoms with van der Waals surface area (Å²) in [4.78, 5) is 27.4. The third-order valence-electron chi connectivity index (χ3n) is 7.91. The highest BCUT2D eigenvalue weighted by Gasteiger charge is 2.29. The van der Waals surface area contributed by atoms with Gasteiger partial charge in [-0.2, -0.15) is 0 Å². The molecule has 232 valence electrons. The number of hydrogen-bond acceptors (Lipinski definition) is 7. The van der Waals surface area contributed by atoms with Gasteiger partial charge in [0.15, 0.2) is 10.5 Å². The van der Waals surface area contributed by atoms with E-state index in [9.17, 15) is 25.0 Å². The van der Waals surface area contributed by atoms with E-state index in [1.165, 1.54) is 35.1 Å². The number of hydrogen-bond donors (Lipinski definition) is 5. The number of nitrogens with zero attached hydrogens (tertiary/aromatic N) is 2. The number of pyridine rings is 1. The maximum atomic E-state index is 12.6. The number of thiocarbonyl (C=S) groups is 1. The molecule has 0 saturated heterocycles. The minimum Gasteiger partial charge on any atom is -0.508 e. The Bertz CT molecular complexity index is 2210. The second kappa shape index (κ2) is 12.3. The molecule has 46 heavy (non-hydrogen) atoms. The van der Waals surface area contributed by atoms with Gasteiger partial charge in [-0.15, -0.1) is 12.6 Å². The van der Waals surface area contributed by atoms with E-state index >= 15 is 0 Å². The zero-order chi connectivity index (χ0) is 32.7. The fourth-order valence-electron chi connectivity index (χ4n) is 5.86. The van der Waals surface area contributed by atoms with Gasteiger partial charge in [0.1, 0.15) is 17.1 Å². The van der Waals surface area contributed by atoms with Crippen molar-refractivity contribution in [3.8, 4) is 28.2 Å². The van der Waals surface area contributed by atoms with E-state index in [-0.39, 0.29) is 22.5 Å². The molecule has 1 aromatic heterocycles. The van der Waals surface area contributed by atoms with Crippen LogP contribution >= 0.6 is 24.8 Å². The minimum absolute atomic E-state index is 0.0196. The third-order valence-corrected chi connectivity index (χ3v) is 8.55. The number of carboxylic acid groups (broad SMARTS) is 1. The molecule has 0 fully saturated rings. The van der Waals surface area contributed by atoms with E-state index in [0.717, 1.165) is 21.5 Å². The van der Waals surface area contributed by atoms with Gasteiger partial charge in [-0.25, -0.2) is 4.79 Å². The Balaban J connectivity index is 0.00000182. The summed E-state index contributed by atoms with van der Waals surface area (Å²) >= 11 is 10.1. The Hall–Kier alpha value is -5.13. The summed E-state index contributed by atoms with van der Waals surface area (Å²) in [7, 11) is 0. The van der Waals surface area contributed by atoms with Gasteiger partial charge in [0, 0.05) is 62.1 Å². The van der Waals surface area contributed by atoms with E-state index in [0.29, 0.717) is 63.5 Å². The zero-order valence-corrected chi connectivity index (χ0v) is 26.7. The van der Waals surface area contributed by atoms with Crippen LogP contribution in [0.3, 0.4) is 0 Å². The molecule has 3 heterocycles. The molecule has 0 radical (unpaired) electrons. The Kier molecular flexibility index (Phi) is 8.28. The van der Waals surface area contributed by atoms with Crippen molar-refractivity contribution in [2.24, 2.45) is 0 Å². The highest BCUT2D eigenvalue weighted by atomic mass is 32.1. The van der Waals surface area contributed by atoms with Gasteiger partial charge in [0.05, 0.1) is 23.9 Å². The quantitative estimate of drug-likeness (QED) is 0.0466. The molecule has 4 aromatic rings. The van der Waals surface area contributed by atoms with E-state index in [2.05, 4.69) is 17.9 Å². The summed E-state index contributed by atoms with van der Waals surface area (Å²) in [6.45, 7) is 5.01. The number of fused-ring (bicyclic) bond motifs is 4. The number of anilines is 1. The molecule has 7 rings (SSSR count). The van der Waals surface area contributed by atoms with Gasteiger partial charge >= 0.3 is 5.97 Å². The van der Waals surface area contributed by atoms with Crippen LogP contribution in [-0.4, -0.2) is 37.9 Å². The second-order valence-corrected chi connectivity index (χ2v) is 11.6. The highest BCUT2D eigenvalue weighted by Crippen LogP contribution is 2.42. The van der Waals surface area contributed by atoms with Gasteiger partial charge in [0.25, 0.3) is 5.52 Å². The molecule has 0 saturated carbocycles. The fraction of sp³-hybridized carbons (Fsp3) is 0.143. The van der Waals surface area contributed by atoms with E-state index in [1.807, 2.05) is 43.0 Å². The molecule has 0 unspecified atom stereocenters. The lowest BCUT2D eigenvalue weighted by Gasteiger charge is -2.29. The predicted molar refractivity (Wildman–Crippen MR) is 183 cm³/mol. The molecular formula is C35H30N3O6S2+. The number of carbonyl (C=O) groups is 1. The molecule has 11 heteroatoms. The maximum absolute atomic E-state index is 12.6. The van der Waals surface area contributed by atoms with Crippen molar-refractivity contribution < 1.29 is 29.4 Å². The number of benzene rings is 4. The Morgan fingerprint density at radius 3 is 2.57 bits per heavy atom. The predicted octanol–water partition coefficient (Wildman–Crippen LogP) is 6.72. The number of aromatic hydroxyl groups is 1. The summed E-state index contributed by atoms with van der Waals surface area (Å²) in [6.07, 6.45) is 0.555. The van der Waals surface area contributed by atoms with Crippen molar-refractivity contribution in [3.05, 3.63) is 106 Å². The number of thiol groups is 1. The van der Waals surface area contributed by atoms with E-state index in [4.69, 9.17) is 16.6 Å². The second-order valence-electron chi connectivity index (χ2n) is 10.7. The molecular weight excluding hydrogens is 623 g/mol. The van der Waals surface area contributed by atoms with Crippen LogP contribution in [0.4, 0.5) is 5.69 Å². The normalized spacial score (nSPS) is 12.5. The third kappa shape index (κ3) is 5.59. The van der Waals surface area contributed by atoms with Gasteiger partial charge in [-0.05, 0) is 72.4 Å². The van der Waals surface area contributed by atoms with Crippen LogP contribution in [0, 0.1) is 0 Å². The number of phenols is 1.